The molecule has 2 aliphatic rings. The van der Waals surface area contributed by atoms with Crippen molar-refractivity contribution >= 4 is 43.7 Å². The first-order valence-electron chi connectivity index (χ1n) is 12.8. The van der Waals surface area contributed by atoms with Gasteiger partial charge in [-0.2, -0.15) is 0 Å². The molecule has 0 fully saturated rings. The maximum absolute atomic E-state index is 3.68. The summed E-state index contributed by atoms with van der Waals surface area (Å²) in [6.07, 6.45) is 8.72. The van der Waals surface area contributed by atoms with Gasteiger partial charge in [0.15, 0.2) is 0 Å². The van der Waals surface area contributed by atoms with Crippen LogP contribution in [0.1, 0.15) is 0 Å². The van der Waals surface area contributed by atoms with Crippen LogP contribution in [0.3, 0.4) is 0 Å². The number of rotatable bonds is 2. The number of hydrogen-bond donors (Lipinski definition) is 1. The first-order valence-corrected chi connectivity index (χ1v) is 12.8. The number of nitrogens with one attached hydrogen (secondary N) is 1. The molecule has 6 aromatic rings. The second-order valence-corrected chi connectivity index (χ2v) is 9.86. The largest absolute Gasteiger partial charge is 0.360 e. The molecule has 2 heteroatoms. The zero-order valence-electron chi connectivity index (χ0n) is 20.2. The van der Waals surface area contributed by atoms with Crippen LogP contribution in [-0.4, -0.2) is 6.17 Å². The van der Waals surface area contributed by atoms with Crippen LogP contribution in [0.2, 0.25) is 0 Å². The highest BCUT2D eigenvalue weighted by Gasteiger charge is 2.27. The van der Waals surface area contributed by atoms with Gasteiger partial charge in [-0.05, 0) is 84.9 Å². The summed E-state index contributed by atoms with van der Waals surface area (Å²) in [4.78, 5) is 2.29. The fraction of sp³-hybridized carbons (Fsp3) is 0.0286. The first kappa shape index (κ1) is 20.4. The molecular weight excluding hydrogens is 448 g/mol. The number of benzene rings is 6. The third kappa shape index (κ3) is 3.06. The molecule has 0 radical (unpaired) electrons. The minimum Gasteiger partial charge on any atom is -0.360 e. The Balaban J connectivity index is 1.41. The monoisotopic (exact) mass is 472 g/mol. The van der Waals surface area contributed by atoms with Crippen LogP contribution in [0.5, 0.6) is 0 Å². The third-order valence-electron chi connectivity index (χ3n) is 7.79. The molecule has 6 aromatic carbocycles. The maximum Gasteiger partial charge on any atom is 0.123 e. The van der Waals surface area contributed by atoms with E-state index in [-0.39, 0.29) is 6.17 Å². The SMILES string of the molecule is C1=CC2Nc3cc(-c4c5ccccc5c(-c5ccc6ccccc6c5)c5ccccc45)ccc3N2C=C1. The molecule has 2 nitrogen and oxygen atoms in total. The molecule has 0 amide bonds. The molecule has 0 bridgehead atoms. The summed E-state index contributed by atoms with van der Waals surface area (Å²) < 4.78 is 0. The lowest BCUT2D eigenvalue weighted by molar-refractivity contribution is 0.908. The van der Waals surface area contributed by atoms with Crippen LogP contribution in [-0.2, 0) is 0 Å². The van der Waals surface area contributed by atoms with Gasteiger partial charge >= 0.3 is 0 Å². The van der Waals surface area contributed by atoms with Gasteiger partial charge in [0.05, 0.1) is 11.4 Å². The zero-order chi connectivity index (χ0) is 24.3. The summed E-state index contributed by atoms with van der Waals surface area (Å²) in [5.74, 6) is 0. The highest BCUT2D eigenvalue weighted by Crippen LogP contribution is 2.46. The Bertz CT molecular complexity index is 1870. The topological polar surface area (TPSA) is 15.3 Å². The van der Waals surface area contributed by atoms with Gasteiger partial charge in [-0.25, -0.2) is 0 Å². The fourth-order valence-electron chi connectivity index (χ4n) is 6.13. The van der Waals surface area contributed by atoms with Crippen molar-refractivity contribution in [2.75, 3.05) is 10.2 Å². The van der Waals surface area contributed by atoms with Crippen molar-refractivity contribution in [1.29, 1.82) is 0 Å². The smallest absolute Gasteiger partial charge is 0.123 e. The molecule has 37 heavy (non-hydrogen) atoms. The predicted molar refractivity (Wildman–Crippen MR) is 158 cm³/mol. The molecule has 0 saturated carbocycles. The maximum atomic E-state index is 3.68. The van der Waals surface area contributed by atoms with Gasteiger partial charge in [0, 0.05) is 6.20 Å². The van der Waals surface area contributed by atoms with Crippen LogP contribution < -0.4 is 10.2 Å². The summed E-state index contributed by atoms with van der Waals surface area (Å²) >= 11 is 0. The highest BCUT2D eigenvalue weighted by atomic mass is 15.3. The molecule has 0 aliphatic carbocycles. The van der Waals surface area contributed by atoms with Gasteiger partial charge in [0.25, 0.3) is 0 Å². The van der Waals surface area contributed by atoms with Crippen molar-refractivity contribution in [3.63, 3.8) is 0 Å². The number of hydrogen-bond acceptors (Lipinski definition) is 2. The van der Waals surface area contributed by atoms with E-state index in [0.717, 1.165) is 0 Å². The molecule has 1 unspecified atom stereocenters. The predicted octanol–water partition coefficient (Wildman–Crippen LogP) is 9.12. The minimum atomic E-state index is 0.180. The summed E-state index contributed by atoms with van der Waals surface area (Å²) in [5, 5.41) is 11.3. The first-order chi connectivity index (χ1) is 18.3. The Morgan fingerprint density at radius 3 is 1.84 bits per heavy atom. The molecule has 1 atom stereocenters. The number of anilines is 2. The molecule has 2 aliphatic heterocycles. The molecule has 174 valence electrons. The molecule has 0 saturated heterocycles. The number of fused-ring (bicyclic) bond motifs is 6. The molecule has 1 N–H and O–H groups in total. The van der Waals surface area contributed by atoms with Crippen molar-refractivity contribution in [2.45, 2.75) is 6.17 Å². The van der Waals surface area contributed by atoms with Crippen molar-refractivity contribution < 1.29 is 0 Å². The van der Waals surface area contributed by atoms with E-state index >= 15 is 0 Å². The lowest BCUT2D eigenvalue weighted by Crippen LogP contribution is -2.30. The van der Waals surface area contributed by atoms with E-state index in [1.165, 1.54) is 65.9 Å². The van der Waals surface area contributed by atoms with E-state index in [1.807, 2.05) is 0 Å². The van der Waals surface area contributed by atoms with Crippen LogP contribution >= 0.6 is 0 Å². The fourth-order valence-corrected chi connectivity index (χ4v) is 6.13. The average molecular weight is 473 g/mol. The van der Waals surface area contributed by atoms with E-state index < -0.39 is 0 Å². The van der Waals surface area contributed by atoms with Gasteiger partial charge in [0.2, 0.25) is 0 Å². The van der Waals surface area contributed by atoms with Gasteiger partial charge in [-0.15, -0.1) is 0 Å². The normalized spacial score (nSPS) is 15.8. The summed E-state index contributed by atoms with van der Waals surface area (Å²) in [6.45, 7) is 0. The standard InChI is InChI=1S/C35H24N2/c1-2-10-24-21-25(17-16-23(24)9-1)34-27-11-3-5-13-29(27)35(30-14-6-4-12-28(30)34)26-18-19-32-31(22-26)36-33-15-7-8-20-37(32)33/h1-22,33,36H. The minimum absolute atomic E-state index is 0.180. The van der Waals surface area contributed by atoms with Gasteiger partial charge < -0.3 is 10.2 Å². The average Bonchev–Trinajstić information content (AvgIpc) is 3.33. The lowest BCUT2D eigenvalue weighted by Gasteiger charge is -2.22. The van der Waals surface area contributed by atoms with Gasteiger partial charge in [-0.3, -0.25) is 0 Å². The quantitative estimate of drug-likeness (QED) is 0.253. The van der Waals surface area contributed by atoms with Crippen molar-refractivity contribution in [3.8, 4) is 22.3 Å². The molecule has 0 spiro atoms. The summed E-state index contributed by atoms with van der Waals surface area (Å²) in [5.41, 5.74) is 7.46. The van der Waals surface area contributed by atoms with Crippen molar-refractivity contribution in [2.24, 2.45) is 0 Å². The molecular formula is C35H24N2. The Morgan fingerprint density at radius 2 is 1.14 bits per heavy atom. The van der Waals surface area contributed by atoms with E-state index in [0.29, 0.717) is 0 Å². The van der Waals surface area contributed by atoms with Crippen molar-refractivity contribution in [1.82, 2.24) is 0 Å². The van der Waals surface area contributed by atoms with Crippen LogP contribution in [0.15, 0.2) is 134 Å². The lowest BCUT2D eigenvalue weighted by atomic mass is 9.85. The summed E-state index contributed by atoms with van der Waals surface area (Å²) in [7, 11) is 0. The van der Waals surface area contributed by atoms with E-state index in [2.05, 4.69) is 144 Å². The third-order valence-corrected chi connectivity index (χ3v) is 7.79. The molecule has 0 aromatic heterocycles. The second kappa shape index (κ2) is 7.84. The van der Waals surface area contributed by atoms with Crippen molar-refractivity contribution in [3.05, 3.63) is 134 Å². The van der Waals surface area contributed by atoms with Crippen LogP contribution in [0, 0.1) is 0 Å². The Labute approximate surface area is 215 Å². The molecule has 8 rings (SSSR count). The zero-order valence-corrected chi connectivity index (χ0v) is 20.2. The highest BCUT2D eigenvalue weighted by molar-refractivity contribution is 6.22. The second-order valence-electron chi connectivity index (χ2n) is 9.86. The Morgan fingerprint density at radius 1 is 0.541 bits per heavy atom. The van der Waals surface area contributed by atoms with E-state index in [9.17, 15) is 0 Å². The summed E-state index contributed by atoms with van der Waals surface area (Å²) in [6, 6.07) is 40.0. The van der Waals surface area contributed by atoms with Gasteiger partial charge in [-0.1, -0.05) is 97.1 Å². The number of nitrogens with zero attached hydrogens (tertiary/aromatic N) is 1. The Hall–Kier alpha value is -4.82. The van der Waals surface area contributed by atoms with Crippen LogP contribution in [0.4, 0.5) is 11.4 Å². The number of allylic oxidation sites excluding steroid dienone is 2. The molecule has 2 heterocycles. The van der Waals surface area contributed by atoms with E-state index in [4.69, 9.17) is 0 Å². The van der Waals surface area contributed by atoms with Gasteiger partial charge in [0.1, 0.15) is 6.17 Å². The van der Waals surface area contributed by atoms with Crippen LogP contribution in [0.25, 0.3) is 54.6 Å². The van der Waals surface area contributed by atoms with E-state index in [1.54, 1.807) is 0 Å². The Kier molecular flexibility index (Phi) is 4.32.